The molecule has 2 atom stereocenters. The van der Waals surface area contributed by atoms with Crippen LogP contribution in [0.4, 0.5) is 0 Å². The maximum atomic E-state index is 12.2. The van der Waals surface area contributed by atoms with Gasteiger partial charge in [0.15, 0.2) is 9.84 Å². The monoisotopic (exact) mass is 288 g/mol. The Morgan fingerprint density at radius 3 is 2.74 bits per heavy atom. The van der Waals surface area contributed by atoms with Gasteiger partial charge < -0.3 is 10.2 Å². The number of nitrogens with one attached hydrogen (secondary N) is 1. The molecule has 2 aliphatic rings. The van der Waals surface area contributed by atoms with Crippen molar-refractivity contribution in [1.29, 1.82) is 0 Å². The number of hydrogen-bond donors (Lipinski definition) is 1. The smallest absolute Gasteiger partial charge is 0.236 e. The minimum absolute atomic E-state index is 0.0428. The van der Waals surface area contributed by atoms with E-state index in [2.05, 4.69) is 12.2 Å². The highest BCUT2D eigenvalue weighted by Crippen LogP contribution is 2.19. The van der Waals surface area contributed by atoms with Gasteiger partial charge in [0.05, 0.1) is 18.1 Å². The summed E-state index contributed by atoms with van der Waals surface area (Å²) in [5.74, 6) is 0.549. The first-order valence-corrected chi connectivity index (χ1v) is 9.07. The predicted molar refractivity (Wildman–Crippen MR) is 74.7 cm³/mol. The summed E-state index contributed by atoms with van der Waals surface area (Å²) in [6, 6.07) is 0.328. The van der Waals surface area contributed by atoms with Crippen LogP contribution in [0.5, 0.6) is 0 Å². The standard InChI is InChI=1S/C13H24N2O3S/c1-2-12-5-3-4-7-15(12)13(16)9-14-11-6-8-19(17,18)10-11/h11-12,14H,2-10H2,1H3. The third kappa shape index (κ3) is 3.92. The van der Waals surface area contributed by atoms with E-state index in [0.29, 0.717) is 12.5 Å². The summed E-state index contributed by atoms with van der Waals surface area (Å²) in [4.78, 5) is 14.2. The van der Waals surface area contributed by atoms with Gasteiger partial charge in [0, 0.05) is 18.6 Å². The number of sulfone groups is 1. The Kier molecular flexibility index (Phi) is 4.84. The van der Waals surface area contributed by atoms with E-state index in [1.165, 1.54) is 6.42 Å². The molecule has 0 spiro atoms. The predicted octanol–water partition coefficient (Wildman–Crippen LogP) is 0.554. The van der Waals surface area contributed by atoms with Crippen LogP contribution in [0.3, 0.4) is 0 Å². The van der Waals surface area contributed by atoms with Gasteiger partial charge in [0.2, 0.25) is 5.91 Å². The molecule has 0 aliphatic carbocycles. The zero-order chi connectivity index (χ0) is 13.9. The SMILES string of the molecule is CCC1CCCCN1C(=O)CNC1CCS(=O)(=O)C1. The van der Waals surface area contributed by atoms with Crippen molar-refractivity contribution < 1.29 is 13.2 Å². The van der Waals surface area contributed by atoms with E-state index in [1.54, 1.807) is 0 Å². The first-order valence-electron chi connectivity index (χ1n) is 7.25. The van der Waals surface area contributed by atoms with Gasteiger partial charge in [-0.1, -0.05) is 6.92 Å². The zero-order valence-corrected chi connectivity index (χ0v) is 12.4. The van der Waals surface area contributed by atoms with E-state index < -0.39 is 9.84 Å². The fourth-order valence-corrected chi connectivity index (χ4v) is 4.75. The van der Waals surface area contributed by atoms with Crippen LogP contribution in [0.1, 0.15) is 39.0 Å². The lowest BCUT2D eigenvalue weighted by molar-refractivity contribution is -0.134. The molecule has 5 nitrogen and oxygen atoms in total. The Balaban J connectivity index is 1.80. The van der Waals surface area contributed by atoms with Crippen LogP contribution in [-0.2, 0) is 14.6 Å². The minimum atomic E-state index is -2.87. The van der Waals surface area contributed by atoms with Crippen molar-refractivity contribution in [2.45, 2.75) is 51.1 Å². The van der Waals surface area contributed by atoms with Crippen LogP contribution in [0.25, 0.3) is 0 Å². The molecule has 110 valence electrons. The van der Waals surface area contributed by atoms with Crippen molar-refractivity contribution in [3.05, 3.63) is 0 Å². The summed E-state index contributed by atoms with van der Waals surface area (Å²) in [6.45, 7) is 3.24. The number of rotatable bonds is 4. The highest BCUT2D eigenvalue weighted by molar-refractivity contribution is 7.91. The number of amides is 1. The van der Waals surface area contributed by atoms with Gasteiger partial charge in [-0.05, 0) is 32.1 Å². The molecular weight excluding hydrogens is 264 g/mol. The highest BCUT2D eigenvalue weighted by Gasteiger charge is 2.29. The average Bonchev–Trinajstić information content (AvgIpc) is 2.75. The van der Waals surface area contributed by atoms with E-state index in [1.807, 2.05) is 4.90 Å². The van der Waals surface area contributed by atoms with Crippen LogP contribution in [0, 0.1) is 0 Å². The molecule has 0 radical (unpaired) electrons. The minimum Gasteiger partial charge on any atom is -0.339 e. The molecule has 1 amide bonds. The maximum Gasteiger partial charge on any atom is 0.236 e. The number of nitrogens with zero attached hydrogens (tertiary/aromatic N) is 1. The zero-order valence-electron chi connectivity index (χ0n) is 11.6. The Labute approximate surface area is 115 Å². The van der Waals surface area contributed by atoms with E-state index in [9.17, 15) is 13.2 Å². The molecule has 0 bridgehead atoms. The van der Waals surface area contributed by atoms with Gasteiger partial charge in [-0.2, -0.15) is 0 Å². The summed E-state index contributed by atoms with van der Waals surface area (Å²) < 4.78 is 22.7. The van der Waals surface area contributed by atoms with Gasteiger partial charge >= 0.3 is 0 Å². The molecule has 19 heavy (non-hydrogen) atoms. The summed E-state index contributed by atoms with van der Waals surface area (Å²) in [5, 5.41) is 3.11. The van der Waals surface area contributed by atoms with Crippen LogP contribution >= 0.6 is 0 Å². The molecule has 6 heteroatoms. The van der Waals surface area contributed by atoms with E-state index in [0.717, 1.165) is 25.8 Å². The van der Waals surface area contributed by atoms with Crippen molar-refractivity contribution in [2.24, 2.45) is 0 Å². The number of carbonyl (C=O) groups excluding carboxylic acids is 1. The molecular formula is C13H24N2O3S. The number of hydrogen-bond acceptors (Lipinski definition) is 4. The van der Waals surface area contributed by atoms with Crippen LogP contribution < -0.4 is 5.32 Å². The van der Waals surface area contributed by atoms with Crippen LogP contribution in [0.2, 0.25) is 0 Å². The first kappa shape index (κ1) is 14.8. The van der Waals surface area contributed by atoms with Crippen molar-refractivity contribution in [3.8, 4) is 0 Å². The summed E-state index contributed by atoms with van der Waals surface area (Å²) in [5.41, 5.74) is 0. The highest BCUT2D eigenvalue weighted by atomic mass is 32.2. The van der Waals surface area contributed by atoms with Gasteiger partial charge in [0.25, 0.3) is 0 Å². The normalized spacial score (nSPS) is 30.5. The molecule has 0 saturated carbocycles. The Morgan fingerprint density at radius 1 is 1.32 bits per heavy atom. The molecule has 0 aromatic heterocycles. The Hall–Kier alpha value is -0.620. The largest absolute Gasteiger partial charge is 0.339 e. The third-order valence-corrected chi connectivity index (χ3v) is 5.96. The number of piperidine rings is 1. The number of likely N-dealkylation sites (tertiary alicyclic amines) is 1. The van der Waals surface area contributed by atoms with Gasteiger partial charge in [-0.25, -0.2) is 8.42 Å². The fraction of sp³-hybridized carbons (Fsp3) is 0.923. The Morgan fingerprint density at radius 2 is 2.11 bits per heavy atom. The van der Waals surface area contributed by atoms with Gasteiger partial charge in [0.1, 0.15) is 0 Å². The van der Waals surface area contributed by atoms with E-state index >= 15 is 0 Å². The quantitative estimate of drug-likeness (QED) is 0.820. The molecule has 0 aromatic rings. The lowest BCUT2D eigenvalue weighted by atomic mass is 10.00. The van der Waals surface area contributed by atoms with Gasteiger partial charge in [-0.3, -0.25) is 4.79 Å². The Bertz CT molecular complexity index is 422. The van der Waals surface area contributed by atoms with E-state index in [4.69, 9.17) is 0 Å². The first-order chi connectivity index (χ1) is 9.02. The second-order valence-corrected chi connectivity index (χ2v) is 7.85. The molecule has 2 aliphatic heterocycles. The van der Waals surface area contributed by atoms with Crippen molar-refractivity contribution >= 4 is 15.7 Å². The lowest BCUT2D eigenvalue weighted by Crippen LogP contribution is -2.48. The average molecular weight is 288 g/mol. The second-order valence-electron chi connectivity index (χ2n) is 5.63. The third-order valence-electron chi connectivity index (χ3n) is 4.19. The molecule has 2 heterocycles. The topological polar surface area (TPSA) is 66.5 Å². The molecule has 2 rings (SSSR count). The lowest BCUT2D eigenvalue weighted by Gasteiger charge is -2.35. The van der Waals surface area contributed by atoms with E-state index in [-0.39, 0.29) is 30.0 Å². The summed E-state index contributed by atoms with van der Waals surface area (Å²) >= 11 is 0. The van der Waals surface area contributed by atoms with Gasteiger partial charge in [-0.15, -0.1) is 0 Å². The summed E-state index contributed by atoms with van der Waals surface area (Å²) in [6.07, 6.45) is 5.02. The second kappa shape index (κ2) is 6.22. The van der Waals surface area contributed by atoms with Crippen molar-refractivity contribution in [2.75, 3.05) is 24.6 Å². The molecule has 2 saturated heterocycles. The van der Waals surface area contributed by atoms with Crippen molar-refractivity contribution in [1.82, 2.24) is 10.2 Å². The maximum absolute atomic E-state index is 12.2. The number of carbonyl (C=O) groups is 1. The molecule has 1 N–H and O–H groups in total. The molecule has 0 aromatic carbocycles. The van der Waals surface area contributed by atoms with Crippen LogP contribution in [-0.4, -0.2) is 55.9 Å². The summed E-state index contributed by atoms with van der Waals surface area (Å²) in [7, 11) is -2.87. The molecule has 2 unspecified atom stereocenters. The van der Waals surface area contributed by atoms with Crippen molar-refractivity contribution in [3.63, 3.8) is 0 Å². The molecule has 2 fully saturated rings. The van der Waals surface area contributed by atoms with Crippen LogP contribution in [0.15, 0.2) is 0 Å². The fourth-order valence-electron chi connectivity index (χ4n) is 3.04.